The Balaban J connectivity index is 0.00000195. The van der Waals surface area contributed by atoms with Gasteiger partial charge in [0.25, 0.3) is 0 Å². The molecule has 0 saturated heterocycles. The van der Waals surface area contributed by atoms with Crippen LogP contribution in [0.1, 0.15) is 41.6 Å². The summed E-state index contributed by atoms with van der Waals surface area (Å²) >= 11 is 0.637. The minimum absolute atomic E-state index is 0.00580. The number of alkyl halides is 6. The maximum Gasteiger partial charge on any atom is 0.439 e. The van der Waals surface area contributed by atoms with Gasteiger partial charge >= 0.3 is 18.1 Å². The zero-order chi connectivity index (χ0) is 28.3. The molecule has 4 rings (SSSR count). The molecular formula is C24H20F7N3O3S. The maximum atomic E-state index is 14.4. The van der Waals surface area contributed by atoms with Crippen LogP contribution >= 0.6 is 11.3 Å². The first kappa shape index (κ1) is 29.0. The summed E-state index contributed by atoms with van der Waals surface area (Å²) in [7, 11) is 0. The van der Waals surface area contributed by atoms with Crippen molar-refractivity contribution in [2.24, 2.45) is 0 Å². The number of thiazole rings is 1. The van der Waals surface area contributed by atoms with Crippen molar-refractivity contribution in [2.45, 2.75) is 45.8 Å². The van der Waals surface area contributed by atoms with Gasteiger partial charge in [-0.25, -0.2) is 14.2 Å². The molecule has 6 nitrogen and oxygen atoms in total. The van der Waals surface area contributed by atoms with Crippen molar-refractivity contribution in [3.63, 3.8) is 0 Å². The van der Waals surface area contributed by atoms with Crippen molar-refractivity contribution in [1.82, 2.24) is 15.1 Å². The van der Waals surface area contributed by atoms with Crippen LogP contribution in [0.2, 0.25) is 0 Å². The molecule has 0 spiro atoms. The van der Waals surface area contributed by atoms with Crippen LogP contribution in [-0.2, 0) is 17.5 Å². The molecule has 0 bridgehead atoms. The summed E-state index contributed by atoms with van der Waals surface area (Å²) in [5, 5.41) is 3.44. The highest BCUT2D eigenvalue weighted by molar-refractivity contribution is 7.15. The van der Waals surface area contributed by atoms with Crippen LogP contribution < -0.4 is 5.76 Å². The van der Waals surface area contributed by atoms with E-state index in [4.69, 9.17) is 4.74 Å². The molecule has 204 valence electrons. The third-order valence-corrected chi connectivity index (χ3v) is 6.22. The van der Waals surface area contributed by atoms with Crippen LogP contribution in [0.5, 0.6) is 0 Å². The van der Waals surface area contributed by atoms with E-state index in [1.807, 2.05) is 13.8 Å². The Morgan fingerprint density at radius 2 is 1.71 bits per heavy atom. The molecular weight excluding hydrogens is 543 g/mol. The fourth-order valence-electron chi connectivity index (χ4n) is 3.26. The summed E-state index contributed by atoms with van der Waals surface area (Å²) < 4.78 is 104. The van der Waals surface area contributed by atoms with E-state index in [2.05, 4.69) is 19.6 Å². The lowest BCUT2D eigenvalue weighted by Crippen LogP contribution is -2.23. The summed E-state index contributed by atoms with van der Waals surface area (Å²) in [6.07, 6.45) is -11.8. The Bertz CT molecular complexity index is 1420. The Labute approximate surface area is 215 Å². The molecule has 2 aromatic heterocycles. The molecule has 0 aliphatic rings. The minimum atomic E-state index is -4.85. The average Bonchev–Trinajstić information content (AvgIpc) is 3.45. The van der Waals surface area contributed by atoms with Gasteiger partial charge in [-0.1, -0.05) is 37.2 Å². The number of H-pyrrole nitrogens is 1. The van der Waals surface area contributed by atoms with Crippen LogP contribution in [-0.4, -0.2) is 21.3 Å². The SMILES string of the molecule is CC.Cc1nc(-c2ccc(C(F)(F)F)cc2)sc1C(OCc1ccc(-c2noc(=O)[nH]2)c(F)c1)C(F)(F)F. The average molecular weight is 563 g/mol. The Morgan fingerprint density at radius 3 is 2.24 bits per heavy atom. The lowest BCUT2D eigenvalue weighted by molar-refractivity contribution is -0.226. The summed E-state index contributed by atoms with van der Waals surface area (Å²) in [5.74, 6) is -1.96. The Hall–Kier alpha value is -3.52. The monoisotopic (exact) mass is 563 g/mol. The summed E-state index contributed by atoms with van der Waals surface area (Å²) in [6.45, 7) is 4.71. The number of hydrogen-bond donors (Lipinski definition) is 1. The fourth-order valence-corrected chi connectivity index (χ4v) is 4.41. The summed E-state index contributed by atoms with van der Waals surface area (Å²) in [5.41, 5.74) is -0.747. The Morgan fingerprint density at radius 1 is 1.05 bits per heavy atom. The number of nitrogens with one attached hydrogen (secondary N) is 1. The van der Waals surface area contributed by atoms with Gasteiger partial charge in [0.05, 0.1) is 28.3 Å². The van der Waals surface area contributed by atoms with Gasteiger partial charge in [-0.15, -0.1) is 11.3 Å². The first-order valence-electron chi connectivity index (χ1n) is 11.0. The molecule has 0 amide bonds. The first-order chi connectivity index (χ1) is 17.8. The maximum absolute atomic E-state index is 14.4. The topological polar surface area (TPSA) is 81.0 Å². The van der Waals surface area contributed by atoms with Crippen molar-refractivity contribution in [3.8, 4) is 22.0 Å². The van der Waals surface area contributed by atoms with E-state index in [9.17, 15) is 35.5 Å². The van der Waals surface area contributed by atoms with Crippen LogP contribution in [0.3, 0.4) is 0 Å². The van der Waals surface area contributed by atoms with Crippen LogP contribution in [0.25, 0.3) is 22.0 Å². The van der Waals surface area contributed by atoms with Crippen molar-refractivity contribution < 1.29 is 40.0 Å². The summed E-state index contributed by atoms with van der Waals surface area (Å²) in [4.78, 5) is 17.0. The second-order valence-electron chi connectivity index (χ2n) is 7.53. The molecule has 0 radical (unpaired) electrons. The van der Waals surface area contributed by atoms with E-state index >= 15 is 0 Å². The predicted octanol–water partition coefficient (Wildman–Crippen LogP) is 7.47. The van der Waals surface area contributed by atoms with Crippen molar-refractivity contribution in [1.29, 1.82) is 0 Å². The summed E-state index contributed by atoms with van der Waals surface area (Å²) in [6, 6.07) is 7.31. The molecule has 2 heterocycles. The van der Waals surface area contributed by atoms with E-state index in [1.165, 1.54) is 19.1 Å². The highest BCUT2D eigenvalue weighted by atomic mass is 32.1. The fraction of sp³-hybridized carbons (Fsp3) is 0.292. The molecule has 14 heteroatoms. The van der Waals surface area contributed by atoms with Gasteiger partial charge in [-0.3, -0.25) is 9.51 Å². The van der Waals surface area contributed by atoms with Crippen LogP contribution in [0, 0.1) is 12.7 Å². The predicted molar refractivity (Wildman–Crippen MR) is 125 cm³/mol. The normalized spacial score (nSPS) is 12.7. The quantitative estimate of drug-likeness (QED) is 0.246. The minimum Gasteiger partial charge on any atom is -0.358 e. The molecule has 38 heavy (non-hydrogen) atoms. The van der Waals surface area contributed by atoms with Crippen LogP contribution in [0.4, 0.5) is 30.7 Å². The van der Waals surface area contributed by atoms with Gasteiger partial charge in [0, 0.05) is 5.56 Å². The van der Waals surface area contributed by atoms with Gasteiger partial charge in [-0.2, -0.15) is 26.3 Å². The van der Waals surface area contributed by atoms with E-state index in [0.717, 1.165) is 30.3 Å². The largest absolute Gasteiger partial charge is 0.439 e. The van der Waals surface area contributed by atoms with Crippen molar-refractivity contribution >= 4 is 11.3 Å². The van der Waals surface area contributed by atoms with E-state index in [0.29, 0.717) is 11.3 Å². The van der Waals surface area contributed by atoms with E-state index in [1.54, 1.807) is 0 Å². The number of aromatic amines is 1. The smallest absolute Gasteiger partial charge is 0.358 e. The highest BCUT2D eigenvalue weighted by Gasteiger charge is 2.44. The number of rotatable bonds is 6. The Kier molecular flexibility index (Phi) is 8.77. The van der Waals surface area contributed by atoms with E-state index < -0.39 is 42.2 Å². The van der Waals surface area contributed by atoms with E-state index in [-0.39, 0.29) is 38.1 Å². The number of benzene rings is 2. The third-order valence-electron chi connectivity index (χ3n) is 4.97. The first-order valence-corrected chi connectivity index (χ1v) is 11.8. The molecule has 0 saturated carbocycles. The molecule has 2 aromatic carbocycles. The second-order valence-corrected chi connectivity index (χ2v) is 8.56. The number of halogens is 7. The second kappa shape index (κ2) is 11.5. The lowest BCUT2D eigenvalue weighted by atomic mass is 10.1. The zero-order valence-electron chi connectivity index (χ0n) is 20.0. The molecule has 1 unspecified atom stereocenters. The molecule has 1 atom stereocenters. The number of ether oxygens (including phenoxy) is 1. The molecule has 1 N–H and O–H groups in total. The molecule has 0 fully saturated rings. The van der Waals surface area contributed by atoms with Crippen LogP contribution in [0.15, 0.2) is 51.8 Å². The standard InChI is InChI=1S/C22H14F7N3O3S.C2H6/c1-10-16(36-19(30-10)12-3-5-13(6-4-12)21(24,25)26)17(22(27,28)29)34-9-11-2-7-14(15(23)8-11)18-31-20(33)35-32-18;1-2/h2-8,17H,9H2,1H3,(H,31,32,33);1-2H3. The van der Waals surface area contributed by atoms with Gasteiger partial charge in [0.2, 0.25) is 0 Å². The zero-order valence-corrected chi connectivity index (χ0v) is 20.8. The number of nitrogens with zero attached hydrogens (tertiary/aromatic N) is 2. The molecule has 0 aliphatic carbocycles. The van der Waals surface area contributed by atoms with Crippen molar-refractivity contribution in [3.05, 3.63) is 80.5 Å². The molecule has 0 aliphatic heterocycles. The number of aromatic nitrogens is 3. The van der Waals surface area contributed by atoms with Gasteiger partial charge in [0.15, 0.2) is 11.9 Å². The number of aryl methyl sites for hydroxylation is 1. The third kappa shape index (κ3) is 6.67. The number of hydrogen-bond acceptors (Lipinski definition) is 6. The van der Waals surface area contributed by atoms with Gasteiger partial charge < -0.3 is 4.74 Å². The molecule has 4 aromatic rings. The highest BCUT2D eigenvalue weighted by Crippen LogP contribution is 2.43. The van der Waals surface area contributed by atoms with Gasteiger partial charge in [0.1, 0.15) is 10.8 Å². The lowest BCUT2D eigenvalue weighted by Gasteiger charge is -2.20. The van der Waals surface area contributed by atoms with Gasteiger partial charge in [-0.05, 0) is 36.8 Å². The van der Waals surface area contributed by atoms with Crippen molar-refractivity contribution in [2.75, 3.05) is 0 Å².